The molecule has 5 N–H and O–H groups in total. The molecule has 4 rings (SSSR count). The Kier molecular flexibility index (Phi) is 4.70. The van der Waals surface area contributed by atoms with E-state index in [1.54, 1.807) is 12.1 Å². The molecule has 0 aliphatic carbocycles. The number of nitrogens with one attached hydrogen (secondary N) is 2. The first-order chi connectivity index (χ1) is 14.0. The van der Waals surface area contributed by atoms with E-state index in [0.717, 1.165) is 5.56 Å². The number of benzene rings is 2. The number of aromatic nitrogens is 4. The van der Waals surface area contributed by atoms with Gasteiger partial charge < -0.3 is 21.1 Å². The van der Waals surface area contributed by atoms with Gasteiger partial charge in [-0.3, -0.25) is 4.57 Å². The minimum atomic E-state index is -1.03. The minimum absolute atomic E-state index is 0.147. The molecule has 146 valence electrons. The molecule has 4 aromatic rings. The number of fused-ring (bicyclic) bond motifs is 1. The van der Waals surface area contributed by atoms with Crippen molar-refractivity contribution >= 4 is 28.9 Å². The van der Waals surface area contributed by atoms with Crippen molar-refractivity contribution in [2.45, 2.75) is 13.1 Å². The molecule has 0 atom stereocenters. The van der Waals surface area contributed by atoms with Gasteiger partial charge in [0.1, 0.15) is 5.52 Å². The standard InChI is InChI=1S/C20H18N6O3/c21-16-15-17(25-19(24-16)22-10-12-5-2-1-3-6-12)26(20(29)23-15)11-13-7-4-8-14(9-13)18(27)28/h1-9H,10-11H2,(H,23,29)(H,27,28)(H3,21,22,24,25). The van der Waals surface area contributed by atoms with Gasteiger partial charge in [0, 0.05) is 6.54 Å². The lowest BCUT2D eigenvalue weighted by molar-refractivity contribution is 0.0696. The highest BCUT2D eigenvalue weighted by atomic mass is 16.4. The summed E-state index contributed by atoms with van der Waals surface area (Å²) >= 11 is 0. The van der Waals surface area contributed by atoms with Gasteiger partial charge >= 0.3 is 11.7 Å². The Morgan fingerprint density at radius 1 is 1.10 bits per heavy atom. The van der Waals surface area contributed by atoms with Gasteiger partial charge in [0.15, 0.2) is 11.5 Å². The zero-order chi connectivity index (χ0) is 20.4. The molecule has 0 fully saturated rings. The van der Waals surface area contributed by atoms with Crippen molar-refractivity contribution in [3.05, 3.63) is 81.8 Å². The van der Waals surface area contributed by atoms with E-state index in [-0.39, 0.29) is 17.9 Å². The number of hydrogen-bond acceptors (Lipinski definition) is 6. The van der Waals surface area contributed by atoms with Gasteiger partial charge in [0.05, 0.1) is 12.1 Å². The van der Waals surface area contributed by atoms with Gasteiger partial charge in [-0.05, 0) is 23.3 Å². The summed E-state index contributed by atoms with van der Waals surface area (Å²) in [5, 5.41) is 12.3. The van der Waals surface area contributed by atoms with Gasteiger partial charge in [0.25, 0.3) is 0 Å². The number of hydrogen-bond donors (Lipinski definition) is 4. The Morgan fingerprint density at radius 3 is 2.62 bits per heavy atom. The summed E-state index contributed by atoms with van der Waals surface area (Å²) < 4.78 is 1.40. The molecule has 0 aliphatic heterocycles. The lowest BCUT2D eigenvalue weighted by Gasteiger charge is -2.08. The normalized spacial score (nSPS) is 10.9. The SMILES string of the molecule is Nc1nc(NCc2ccccc2)nc2c1[nH]c(=O)n2Cc1cccc(C(=O)O)c1. The van der Waals surface area contributed by atoms with E-state index in [0.29, 0.717) is 29.2 Å². The topological polar surface area (TPSA) is 139 Å². The van der Waals surface area contributed by atoms with Gasteiger partial charge in [-0.15, -0.1) is 0 Å². The fraction of sp³-hybridized carbons (Fsp3) is 0.100. The van der Waals surface area contributed by atoms with Gasteiger partial charge in [-0.1, -0.05) is 42.5 Å². The van der Waals surface area contributed by atoms with Gasteiger partial charge in [-0.2, -0.15) is 9.97 Å². The van der Waals surface area contributed by atoms with Crippen LogP contribution in [0.15, 0.2) is 59.4 Å². The first kappa shape index (κ1) is 18.2. The predicted octanol–water partition coefficient (Wildman–Crippen LogP) is 2.06. The van der Waals surface area contributed by atoms with E-state index in [1.165, 1.54) is 16.7 Å². The number of imidazole rings is 1. The molecule has 9 heteroatoms. The Hall–Kier alpha value is -4.14. The zero-order valence-corrected chi connectivity index (χ0v) is 15.3. The number of nitrogen functional groups attached to an aromatic ring is 1. The second kappa shape index (κ2) is 7.47. The fourth-order valence-corrected chi connectivity index (χ4v) is 3.04. The lowest BCUT2D eigenvalue weighted by Crippen LogP contribution is -2.18. The number of nitrogens with two attached hydrogens (primary N) is 1. The summed E-state index contributed by atoms with van der Waals surface area (Å²) in [6, 6.07) is 16.1. The Bertz CT molecular complexity index is 1250. The quantitative estimate of drug-likeness (QED) is 0.395. The molecule has 29 heavy (non-hydrogen) atoms. The van der Waals surface area contributed by atoms with Crippen LogP contribution in [0.1, 0.15) is 21.5 Å². The maximum absolute atomic E-state index is 12.5. The summed E-state index contributed by atoms with van der Waals surface area (Å²) in [7, 11) is 0. The van der Waals surface area contributed by atoms with Crippen LogP contribution in [-0.4, -0.2) is 30.6 Å². The van der Waals surface area contributed by atoms with Crippen molar-refractivity contribution in [3.63, 3.8) is 0 Å². The first-order valence-corrected chi connectivity index (χ1v) is 8.87. The van der Waals surface area contributed by atoms with Crippen LogP contribution in [0.25, 0.3) is 11.2 Å². The third-order valence-electron chi connectivity index (χ3n) is 4.46. The number of carboxylic acid groups (broad SMARTS) is 1. The largest absolute Gasteiger partial charge is 0.478 e. The molecule has 2 heterocycles. The van der Waals surface area contributed by atoms with Crippen molar-refractivity contribution < 1.29 is 9.90 Å². The molecule has 2 aromatic heterocycles. The number of H-pyrrole nitrogens is 1. The number of carbonyl (C=O) groups is 1. The molecule has 0 radical (unpaired) electrons. The monoisotopic (exact) mass is 390 g/mol. The summed E-state index contributed by atoms with van der Waals surface area (Å²) in [6.07, 6.45) is 0. The van der Waals surface area contributed by atoms with Crippen LogP contribution in [0.2, 0.25) is 0 Å². The van der Waals surface area contributed by atoms with Crippen LogP contribution in [0, 0.1) is 0 Å². The molecule has 0 aliphatic rings. The maximum Gasteiger partial charge on any atom is 0.335 e. The highest BCUT2D eigenvalue weighted by molar-refractivity contribution is 5.87. The molecular weight excluding hydrogens is 372 g/mol. The summed E-state index contributed by atoms with van der Waals surface area (Å²) in [5.74, 6) is -0.580. The molecule has 0 unspecified atom stereocenters. The second-order valence-corrected chi connectivity index (χ2v) is 6.49. The molecule has 0 amide bonds. The average molecular weight is 390 g/mol. The highest BCUT2D eigenvalue weighted by Gasteiger charge is 2.15. The van der Waals surface area contributed by atoms with Crippen molar-refractivity contribution in [2.75, 3.05) is 11.1 Å². The number of anilines is 2. The van der Waals surface area contributed by atoms with Crippen molar-refractivity contribution in [1.82, 2.24) is 19.5 Å². The molecule has 0 spiro atoms. The number of rotatable bonds is 6. The summed E-state index contributed by atoms with van der Waals surface area (Å²) in [6.45, 7) is 0.648. The highest BCUT2D eigenvalue weighted by Crippen LogP contribution is 2.18. The minimum Gasteiger partial charge on any atom is -0.478 e. The molecule has 9 nitrogen and oxygen atoms in total. The molecule has 0 saturated heterocycles. The van der Waals surface area contributed by atoms with Crippen LogP contribution < -0.4 is 16.7 Å². The number of aromatic amines is 1. The third-order valence-corrected chi connectivity index (χ3v) is 4.46. The number of aromatic carboxylic acids is 1. The summed E-state index contributed by atoms with van der Waals surface area (Å²) in [4.78, 5) is 35.0. The third kappa shape index (κ3) is 3.79. The Morgan fingerprint density at radius 2 is 1.86 bits per heavy atom. The van der Waals surface area contributed by atoms with Crippen molar-refractivity contribution in [2.24, 2.45) is 0 Å². The Labute approximate surface area is 164 Å². The smallest absolute Gasteiger partial charge is 0.335 e. The molecule has 0 saturated carbocycles. The van der Waals surface area contributed by atoms with Crippen LogP contribution in [-0.2, 0) is 13.1 Å². The molecule has 0 bridgehead atoms. The molecule has 2 aromatic carbocycles. The molecular formula is C20H18N6O3. The zero-order valence-electron chi connectivity index (χ0n) is 15.3. The van der Waals surface area contributed by atoms with Crippen LogP contribution in [0.3, 0.4) is 0 Å². The predicted molar refractivity (Wildman–Crippen MR) is 109 cm³/mol. The van der Waals surface area contributed by atoms with Crippen molar-refractivity contribution in [3.8, 4) is 0 Å². The van der Waals surface area contributed by atoms with E-state index in [4.69, 9.17) is 10.8 Å². The van der Waals surface area contributed by atoms with E-state index in [2.05, 4.69) is 20.3 Å². The number of nitrogens with zero attached hydrogens (tertiary/aromatic N) is 3. The van der Waals surface area contributed by atoms with Gasteiger partial charge in [0.2, 0.25) is 5.95 Å². The average Bonchev–Trinajstić information content (AvgIpc) is 3.03. The van der Waals surface area contributed by atoms with E-state index < -0.39 is 11.7 Å². The van der Waals surface area contributed by atoms with Crippen LogP contribution in [0.4, 0.5) is 11.8 Å². The summed E-state index contributed by atoms with van der Waals surface area (Å²) in [5.41, 5.74) is 8.15. The second-order valence-electron chi connectivity index (χ2n) is 6.49. The van der Waals surface area contributed by atoms with Crippen molar-refractivity contribution in [1.29, 1.82) is 0 Å². The van der Waals surface area contributed by atoms with E-state index >= 15 is 0 Å². The number of carboxylic acids is 1. The fourth-order valence-electron chi connectivity index (χ4n) is 3.04. The Balaban J connectivity index is 1.68. The van der Waals surface area contributed by atoms with Crippen LogP contribution >= 0.6 is 0 Å². The lowest BCUT2D eigenvalue weighted by atomic mass is 10.1. The maximum atomic E-state index is 12.5. The first-order valence-electron chi connectivity index (χ1n) is 8.87. The van der Waals surface area contributed by atoms with E-state index in [1.807, 2.05) is 30.3 Å². The van der Waals surface area contributed by atoms with Gasteiger partial charge in [-0.25, -0.2) is 9.59 Å². The van der Waals surface area contributed by atoms with Crippen LogP contribution in [0.5, 0.6) is 0 Å². The van der Waals surface area contributed by atoms with E-state index in [9.17, 15) is 9.59 Å².